The number of methoxy groups -OCH3 is 2. The van der Waals surface area contributed by atoms with Crippen LogP contribution in [0.4, 0.5) is 28.4 Å². The SMILES string of the molecule is CCOCCOCCOc1ccc(-n2c3ccccc3c3cc(N(c4ccc5c(c4)c4ccccc4n5-c4ccc(OCCOCCOCC)cc4)c4ccc5c(c4)c4cc(N(C6=CC=C(OC)CC6)c6ccc(OC)cc6)ccc4n5-c4ccc(OCCOCCOCC)cc4)ccc32)cc1. The van der Waals surface area contributed by atoms with Crippen LogP contribution < -0.4 is 28.7 Å². The van der Waals surface area contributed by atoms with Crippen molar-refractivity contribution in [3.05, 3.63) is 242 Å². The standard InChI is InChI=1S/C86H87N5O11/c1-6-94-45-48-97-51-54-100-72-35-21-63(22-36-72)89-81-15-11-9-13-75(81)77-57-67(28-41-83(77)89)88(68-29-42-84-78(58-68)76-14-10-12-16-82(76)90(84)64-23-37-73(38-24-64)101-55-52-98-49-46-95-7-2)69-30-44-86-80(60-69)79-59-66(87(61-17-31-70(92-4)32-18-61)62-19-33-71(93-5)34-20-62)27-43-85(79)91(86)65-25-39-74(40-26-65)102-56-53-99-50-47-96-8-3/h9-19,21-33,35-44,57-60H,6-8,20,34,45-56H2,1-5H3. The van der Waals surface area contributed by atoms with E-state index in [2.05, 4.69) is 206 Å². The highest BCUT2D eigenvalue weighted by molar-refractivity contribution is 6.15. The van der Waals surface area contributed by atoms with Gasteiger partial charge in [0.1, 0.15) is 42.8 Å². The molecule has 0 spiro atoms. The third-order valence-corrected chi connectivity index (χ3v) is 18.5. The van der Waals surface area contributed by atoms with E-state index in [1.165, 1.54) is 0 Å². The Labute approximate surface area is 595 Å². The summed E-state index contributed by atoms with van der Waals surface area (Å²) in [6.07, 6.45) is 5.83. The number of hydrogen-bond acceptors (Lipinski definition) is 13. The number of aromatic nitrogens is 3. The van der Waals surface area contributed by atoms with Crippen molar-refractivity contribution >= 4 is 93.9 Å². The van der Waals surface area contributed by atoms with Crippen LogP contribution in [0.3, 0.4) is 0 Å². The molecule has 0 N–H and O–H groups in total. The van der Waals surface area contributed by atoms with E-state index in [9.17, 15) is 0 Å². The van der Waals surface area contributed by atoms with Gasteiger partial charge >= 0.3 is 0 Å². The number of rotatable bonds is 35. The molecule has 1 aliphatic carbocycles. The van der Waals surface area contributed by atoms with Crippen LogP contribution in [0.1, 0.15) is 33.6 Å². The van der Waals surface area contributed by atoms with Gasteiger partial charge < -0.3 is 75.6 Å². The first-order chi connectivity index (χ1) is 50.4. The summed E-state index contributed by atoms with van der Waals surface area (Å²) in [6, 6.07) is 78.3. The fourth-order valence-corrected chi connectivity index (χ4v) is 13.8. The van der Waals surface area contributed by atoms with E-state index >= 15 is 0 Å². The second kappa shape index (κ2) is 32.8. The third kappa shape index (κ3) is 14.9. The smallest absolute Gasteiger partial charge is 0.119 e. The highest BCUT2D eigenvalue weighted by Crippen LogP contribution is 2.46. The van der Waals surface area contributed by atoms with Crippen molar-refractivity contribution < 1.29 is 52.1 Å². The zero-order chi connectivity index (χ0) is 69.6. The molecule has 13 aromatic rings. The summed E-state index contributed by atoms with van der Waals surface area (Å²) in [5, 5.41) is 6.66. The maximum absolute atomic E-state index is 6.23. The van der Waals surface area contributed by atoms with E-state index in [-0.39, 0.29) is 0 Å². The molecular formula is C86H87N5O11. The monoisotopic (exact) mass is 1370 g/mol. The lowest BCUT2D eigenvalue weighted by molar-refractivity contribution is 0.0405. The molecule has 16 nitrogen and oxygen atoms in total. The Hall–Kier alpha value is -10.6. The molecule has 0 unspecified atom stereocenters. The van der Waals surface area contributed by atoms with Crippen LogP contribution in [-0.4, -0.2) is 127 Å². The number of allylic oxidation sites excluding steroid dienone is 4. The van der Waals surface area contributed by atoms with E-state index in [0.29, 0.717) is 99.1 Å². The van der Waals surface area contributed by atoms with Crippen molar-refractivity contribution in [2.24, 2.45) is 0 Å². The topological polar surface area (TPSA) is 123 Å². The number of para-hydroxylation sites is 2. The minimum atomic E-state index is 0.422. The molecule has 10 aromatic carbocycles. The molecule has 522 valence electrons. The number of fused-ring (bicyclic) bond motifs is 9. The van der Waals surface area contributed by atoms with Gasteiger partial charge in [0, 0.05) is 110 Å². The Balaban J connectivity index is 0.910. The molecule has 3 heterocycles. The van der Waals surface area contributed by atoms with E-state index in [4.69, 9.17) is 52.1 Å². The van der Waals surface area contributed by atoms with E-state index in [1.54, 1.807) is 14.2 Å². The number of ether oxygens (including phenoxy) is 11. The lowest BCUT2D eigenvalue weighted by atomic mass is 10.0. The molecule has 0 radical (unpaired) electrons. The molecule has 0 aliphatic heterocycles. The van der Waals surface area contributed by atoms with Gasteiger partial charge in [0.25, 0.3) is 0 Å². The van der Waals surface area contributed by atoms with Gasteiger partial charge in [0.05, 0.1) is 113 Å². The lowest BCUT2D eigenvalue weighted by Gasteiger charge is -2.30. The average Bonchev–Trinajstić information content (AvgIpc) is 1.58. The van der Waals surface area contributed by atoms with Gasteiger partial charge in [-0.1, -0.05) is 36.4 Å². The molecule has 0 amide bonds. The molecule has 14 rings (SSSR count). The molecule has 0 saturated carbocycles. The maximum Gasteiger partial charge on any atom is 0.119 e. The fraction of sp³-hybridized carbons (Fsp3) is 0.256. The van der Waals surface area contributed by atoms with Gasteiger partial charge in [0.15, 0.2) is 0 Å². The average molecular weight is 1370 g/mol. The van der Waals surface area contributed by atoms with Crippen LogP contribution in [0.25, 0.3) is 82.5 Å². The Morgan fingerprint density at radius 2 is 0.608 bits per heavy atom. The van der Waals surface area contributed by atoms with Crippen molar-refractivity contribution in [3.63, 3.8) is 0 Å². The second-order valence-corrected chi connectivity index (χ2v) is 24.7. The Kier molecular flexibility index (Phi) is 22.1. The van der Waals surface area contributed by atoms with Crippen LogP contribution in [-0.2, 0) is 33.2 Å². The van der Waals surface area contributed by atoms with Crippen LogP contribution in [0.5, 0.6) is 23.0 Å². The summed E-state index contributed by atoms with van der Waals surface area (Å²) >= 11 is 0. The van der Waals surface area contributed by atoms with E-state index < -0.39 is 0 Å². The molecule has 0 saturated heterocycles. The molecule has 0 bridgehead atoms. The van der Waals surface area contributed by atoms with E-state index in [1.807, 2.05) is 69.3 Å². The van der Waals surface area contributed by atoms with Gasteiger partial charge in [-0.2, -0.15) is 0 Å². The summed E-state index contributed by atoms with van der Waals surface area (Å²) in [4.78, 5) is 4.79. The highest BCUT2D eigenvalue weighted by atomic mass is 16.6. The first-order valence-corrected chi connectivity index (χ1v) is 35.4. The summed E-state index contributed by atoms with van der Waals surface area (Å²) in [6.45, 7) is 14.0. The van der Waals surface area contributed by atoms with Gasteiger partial charge in [-0.15, -0.1) is 0 Å². The van der Waals surface area contributed by atoms with Gasteiger partial charge in [-0.25, -0.2) is 0 Å². The van der Waals surface area contributed by atoms with Crippen molar-refractivity contribution in [1.29, 1.82) is 0 Å². The van der Waals surface area contributed by atoms with Crippen LogP contribution in [0, 0.1) is 0 Å². The van der Waals surface area contributed by atoms with Crippen molar-refractivity contribution in [2.75, 3.05) is 123 Å². The molecule has 1 aliphatic rings. The second-order valence-electron chi connectivity index (χ2n) is 24.7. The minimum absolute atomic E-state index is 0.422. The van der Waals surface area contributed by atoms with Crippen molar-refractivity contribution in [1.82, 2.24) is 13.7 Å². The van der Waals surface area contributed by atoms with Crippen LogP contribution >= 0.6 is 0 Å². The fourth-order valence-electron chi connectivity index (χ4n) is 13.8. The number of nitrogens with zero attached hydrogens (tertiary/aromatic N) is 5. The zero-order valence-corrected chi connectivity index (χ0v) is 58.7. The predicted octanol–water partition coefficient (Wildman–Crippen LogP) is 19.1. The third-order valence-electron chi connectivity index (χ3n) is 18.5. The summed E-state index contributed by atoms with van der Waals surface area (Å²) in [7, 11) is 3.45. The summed E-state index contributed by atoms with van der Waals surface area (Å²) < 4.78 is 70.7. The van der Waals surface area contributed by atoms with Crippen molar-refractivity contribution in [2.45, 2.75) is 33.6 Å². The number of benzene rings is 10. The van der Waals surface area contributed by atoms with Gasteiger partial charge in [-0.3, -0.25) is 0 Å². The summed E-state index contributed by atoms with van der Waals surface area (Å²) in [5.74, 6) is 4.06. The maximum atomic E-state index is 6.23. The molecule has 0 fully saturated rings. The Bertz CT molecular complexity index is 4860. The molecular weight excluding hydrogens is 1280 g/mol. The zero-order valence-electron chi connectivity index (χ0n) is 58.7. The number of anilines is 5. The predicted molar refractivity (Wildman–Crippen MR) is 410 cm³/mol. The minimum Gasteiger partial charge on any atom is -0.501 e. The molecule has 102 heavy (non-hydrogen) atoms. The largest absolute Gasteiger partial charge is 0.501 e. The first-order valence-electron chi connectivity index (χ1n) is 35.4. The van der Waals surface area contributed by atoms with Crippen molar-refractivity contribution in [3.8, 4) is 40.1 Å². The highest BCUT2D eigenvalue weighted by Gasteiger charge is 2.25. The number of hydrogen-bond donors (Lipinski definition) is 0. The lowest BCUT2D eigenvalue weighted by Crippen LogP contribution is -2.18. The molecule has 16 heteroatoms. The Morgan fingerprint density at radius 3 is 0.961 bits per heavy atom. The van der Waals surface area contributed by atoms with Crippen LogP contribution in [0.15, 0.2) is 242 Å². The summed E-state index contributed by atoms with van der Waals surface area (Å²) in [5.41, 5.74) is 15.6. The first kappa shape index (κ1) is 68.6. The normalized spacial score (nSPS) is 12.4. The van der Waals surface area contributed by atoms with Crippen LogP contribution in [0.2, 0.25) is 0 Å². The Morgan fingerprint density at radius 1 is 0.284 bits per heavy atom. The molecule has 0 atom stereocenters. The quantitative estimate of drug-likeness (QED) is 0.0351. The van der Waals surface area contributed by atoms with Gasteiger partial charge in [-0.05, 0) is 221 Å². The molecule has 3 aromatic heterocycles. The van der Waals surface area contributed by atoms with E-state index in [0.717, 1.165) is 158 Å². The van der Waals surface area contributed by atoms with Gasteiger partial charge in [0.2, 0.25) is 0 Å².